The van der Waals surface area contributed by atoms with E-state index in [0.29, 0.717) is 11.3 Å². The Hall–Kier alpha value is -2.81. The van der Waals surface area contributed by atoms with Crippen molar-refractivity contribution in [1.82, 2.24) is 19.4 Å². The number of unbranched alkanes of at least 4 members (excludes halogenated alkanes) is 1. The van der Waals surface area contributed by atoms with Crippen LogP contribution in [-0.4, -0.2) is 63.5 Å². The van der Waals surface area contributed by atoms with Gasteiger partial charge >= 0.3 is 0 Å². The fraction of sp³-hybridized carbons (Fsp3) is 0.536. The van der Waals surface area contributed by atoms with E-state index < -0.39 is 0 Å². The number of ether oxygens (including phenoxy) is 1. The number of nitrogens with zero attached hydrogens (tertiary/aromatic N) is 4. The third-order valence-corrected chi connectivity index (χ3v) is 7.45. The zero-order valence-corrected chi connectivity index (χ0v) is 21.2. The Kier molecular flexibility index (Phi) is 7.94. The Morgan fingerprint density at radius 2 is 1.86 bits per heavy atom. The maximum atomic E-state index is 13.6. The second-order valence-corrected chi connectivity index (χ2v) is 10.1. The van der Waals surface area contributed by atoms with Gasteiger partial charge in [-0.2, -0.15) is 0 Å². The lowest BCUT2D eigenvalue weighted by Crippen LogP contribution is -2.35. The number of benzene rings is 1. The highest BCUT2D eigenvalue weighted by molar-refractivity contribution is 5.82. The summed E-state index contributed by atoms with van der Waals surface area (Å²) in [7, 11) is 0. The highest BCUT2D eigenvalue weighted by atomic mass is 16.5. The van der Waals surface area contributed by atoms with Crippen LogP contribution in [0, 0.1) is 0 Å². The fourth-order valence-electron chi connectivity index (χ4n) is 5.27. The average molecular weight is 492 g/mol. The monoisotopic (exact) mass is 491 g/mol. The first-order chi connectivity index (χ1) is 17.6. The predicted molar refractivity (Wildman–Crippen MR) is 142 cm³/mol. The molecule has 8 nitrogen and oxygen atoms in total. The van der Waals surface area contributed by atoms with Crippen molar-refractivity contribution in [2.24, 2.45) is 0 Å². The summed E-state index contributed by atoms with van der Waals surface area (Å²) >= 11 is 0. The molecule has 3 heterocycles. The highest BCUT2D eigenvalue weighted by Crippen LogP contribution is 2.35. The van der Waals surface area contributed by atoms with Crippen LogP contribution >= 0.6 is 0 Å². The molecule has 1 saturated heterocycles. The van der Waals surface area contributed by atoms with Crippen LogP contribution in [0.15, 0.2) is 41.5 Å². The van der Waals surface area contributed by atoms with Gasteiger partial charge in [0.1, 0.15) is 0 Å². The van der Waals surface area contributed by atoms with Crippen LogP contribution in [0.25, 0.3) is 16.6 Å². The van der Waals surface area contributed by atoms with Crippen molar-refractivity contribution >= 4 is 16.9 Å². The van der Waals surface area contributed by atoms with Gasteiger partial charge in [-0.1, -0.05) is 25.5 Å². The molecule has 1 aliphatic carbocycles. The summed E-state index contributed by atoms with van der Waals surface area (Å²) in [6.07, 6.45) is 8.85. The molecule has 8 heteroatoms. The van der Waals surface area contributed by atoms with Gasteiger partial charge in [0.2, 0.25) is 5.95 Å². The molecule has 0 spiro atoms. The van der Waals surface area contributed by atoms with E-state index in [1.807, 2.05) is 18.3 Å². The Morgan fingerprint density at radius 3 is 2.58 bits per heavy atom. The van der Waals surface area contributed by atoms with E-state index in [2.05, 4.69) is 34.3 Å². The molecule has 192 valence electrons. The summed E-state index contributed by atoms with van der Waals surface area (Å²) in [4.78, 5) is 25.2. The molecule has 2 aromatic heterocycles. The summed E-state index contributed by atoms with van der Waals surface area (Å²) < 4.78 is 7.20. The lowest BCUT2D eigenvalue weighted by Gasteiger charge is -2.27. The van der Waals surface area contributed by atoms with Crippen LogP contribution in [0.4, 0.5) is 5.95 Å². The van der Waals surface area contributed by atoms with Gasteiger partial charge in [0.25, 0.3) is 5.56 Å². The SMILES string of the molecule is CCCCNc1ncc2c(=O)n(-c3ccc(CN4CCOCC4)cc3)cc([C@H]3CC[C@H](O)CC3)c2n1. The summed E-state index contributed by atoms with van der Waals surface area (Å²) in [5, 5.41) is 13.9. The molecule has 5 rings (SSSR count). The number of pyridine rings is 1. The fourth-order valence-corrected chi connectivity index (χ4v) is 5.27. The van der Waals surface area contributed by atoms with Gasteiger partial charge in [-0.15, -0.1) is 0 Å². The Morgan fingerprint density at radius 1 is 1.11 bits per heavy atom. The molecule has 2 fully saturated rings. The van der Waals surface area contributed by atoms with Gasteiger partial charge in [-0.3, -0.25) is 14.3 Å². The second kappa shape index (κ2) is 11.5. The number of aromatic nitrogens is 3. The number of rotatable bonds is 8. The van der Waals surface area contributed by atoms with Crippen molar-refractivity contribution in [3.63, 3.8) is 0 Å². The van der Waals surface area contributed by atoms with Crippen molar-refractivity contribution in [2.75, 3.05) is 38.2 Å². The van der Waals surface area contributed by atoms with Crippen molar-refractivity contribution in [3.8, 4) is 5.69 Å². The number of hydrogen-bond donors (Lipinski definition) is 2. The van der Waals surface area contributed by atoms with Gasteiger partial charge in [0.15, 0.2) is 0 Å². The molecule has 0 amide bonds. The van der Waals surface area contributed by atoms with Gasteiger partial charge in [0.05, 0.1) is 30.2 Å². The quantitative estimate of drug-likeness (QED) is 0.463. The minimum Gasteiger partial charge on any atom is -0.393 e. The Labute approximate surface area is 212 Å². The molecule has 36 heavy (non-hydrogen) atoms. The first-order valence-corrected chi connectivity index (χ1v) is 13.4. The van der Waals surface area contributed by atoms with E-state index in [0.717, 1.165) is 94.7 Å². The molecular weight excluding hydrogens is 454 g/mol. The molecule has 3 aromatic rings. The zero-order valence-electron chi connectivity index (χ0n) is 21.2. The van der Waals surface area contributed by atoms with E-state index >= 15 is 0 Å². The van der Waals surface area contributed by atoms with Crippen molar-refractivity contribution in [2.45, 2.75) is 64.0 Å². The topological polar surface area (TPSA) is 92.5 Å². The van der Waals surface area contributed by atoms with E-state index in [9.17, 15) is 9.90 Å². The third-order valence-electron chi connectivity index (χ3n) is 7.45. The van der Waals surface area contributed by atoms with Crippen LogP contribution in [0.3, 0.4) is 0 Å². The van der Waals surface area contributed by atoms with Gasteiger partial charge in [0, 0.05) is 44.3 Å². The van der Waals surface area contributed by atoms with Crippen molar-refractivity contribution < 1.29 is 9.84 Å². The first-order valence-electron chi connectivity index (χ1n) is 13.4. The largest absolute Gasteiger partial charge is 0.393 e. The van der Waals surface area contributed by atoms with E-state index in [1.165, 1.54) is 5.56 Å². The van der Waals surface area contributed by atoms with Gasteiger partial charge in [-0.25, -0.2) is 9.97 Å². The van der Waals surface area contributed by atoms with Gasteiger partial charge in [-0.05, 0) is 61.3 Å². The Balaban J connectivity index is 1.49. The Bertz CT molecular complexity index is 1210. The summed E-state index contributed by atoms with van der Waals surface area (Å²) in [5.74, 6) is 0.819. The molecule has 2 N–H and O–H groups in total. The number of aliphatic hydroxyl groups excluding tert-OH is 1. The zero-order chi connectivity index (χ0) is 24.9. The number of morpholine rings is 1. The smallest absolute Gasteiger partial charge is 0.266 e. The molecule has 1 saturated carbocycles. The van der Waals surface area contributed by atoms with E-state index in [-0.39, 0.29) is 17.6 Å². The molecule has 1 aromatic carbocycles. The average Bonchev–Trinajstić information content (AvgIpc) is 2.91. The molecule has 0 radical (unpaired) electrons. The standard InChI is InChI=1S/C28H37N5O3/c1-2-3-12-29-28-30-17-24-26(31-28)25(21-6-10-23(34)11-7-21)19-33(27(24)35)22-8-4-20(5-9-22)18-32-13-15-36-16-14-32/h4-5,8-9,17,19,21,23,34H,2-3,6-7,10-16,18H2,1H3,(H,29,30,31)/t21-,23-. The summed E-state index contributed by atoms with van der Waals surface area (Å²) in [6.45, 7) is 7.29. The lowest BCUT2D eigenvalue weighted by molar-refractivity contribution is 0.0342. The van der Waals surface area contributed by atoms with Crippen LogP contribution < -0.4 is 10.9 Å². The maximum Gasteiger partial charge on any atom is 0.266 e. The molecule has 2 aliphatic rings. The van der Waals surface area contributed by atoms with Crippen LogP contribution in [0.5, 0.6) is 0 Å². The first kappa shape index (κ1) is 24.9. The van der Waals surface area contributed by atoms with Crippen LogP contribution in [0.1, 0.15) is 62.5 Å². The minimum absolute atomic E-state index is 0.106. The molecule has 0 atom stereocenters. The molecule has 0 unspecified atom stereocenters. The number of aliphatic hydroxyl groups is 1. The summed E-state index contributed by atoms with van der Waals surface area (Å²) in [6, 6.07) is 8.27. The highest BCUT2D eigenvalue weighted by Gasteiger charge is 2.25. The van der Waals surface area contributed by atoms with Crippen molar-refractivity contribution in [1.29, 1.82) is 0 Å². The predicted octanol–water partition coefficient (Wildman–Crippen LogP) is 3.84. The van der Waals surface area contributed by atoms with Crippen LogP contribution in [0.2, 0.25) is 0 Å². The van der Waals surface area contributed by atoms with Crippen LogP contribution in [-0.2, 0) is 11.3 Å². The van der Waals surface area contributed by atoms with E-state index in [4.69, 9.17) is 9.72 Å². The molecule has 1 aliphatic heterocycles. The van der Waals surface area contributed by atoms with Crippen molar-refractivity contribution in [3.05, 3.63) is 58.1 Å². The maximum absolute atomic E-state index is 13.6. The molecule has 0 bridgehead atoms. The molecular formula is C28H37N5O3. The normalized spacial score (nSPS) is 21.1. The lowest BCUT2D eigenvalue weighted by atomic mass is 9.82. The van der Waals surface area contributed by atoms with Gasteiger partial charge < -0.3 is 15.2 Å². The summed E-state index contributed by atoms with van der Waals surface area (Å²) in [5.41, 5.74) is 3.76. The second-order valence-electron chi connectivity index (χ2n) is 10.1. The number of nitrogens with one attached hydrogen (secondary N) is 1. The minimum atomic E-state index is -0.238. The number of fused-ring (bicyclic) bond motifs is 1. The third kappa shape index (κ3) is 5.61. The number of hydrogen-bond acceptors (Lipinski definition) is 7. The number of anilines is 1. The van der Waals surface area contributed by atoms with E-state index in [1.54, 1.807) is 10.8 Å².